The van der Waals surface area contributed by atoms with Crippen LogP contribution in [0.4, 0.5) is 17.1 Å². The first-order valence-corrected chi connectivity index (χ1v) is 16.7. The smallest absolute Gasteiger partial charge is 0.114 e. The van der Waals surface area contributed by atoms with Crippen LogP contribution in [0.2, 0.25) is 0 Å². The molecule has 9 aromatic rings. The number of aryl methyl sites for hydroxylation is 1. The van der Waals surface area contributed by atoms with Crippen LogP contribution in [0.5, 0.6) is 0 Å². The van der Waals surface area contributed by atoms with E-state index in [1.807, 2.05) is 0 Å². The maximum atomic E-state index is 5.09. The molecule has 0 bridgehead atoms. The summed E-state index contributed by atoms with van der Waals surface area (Å²) in [5.74, 6) is 1.08. The number of fused-ring (bicyclic) bond motifs is 5. The van der Waals surface area contributed by atoms with Crippen LogP contribution in [0.1, 0.15) is 12.7 Å². The zero-order valence-electron chi connectivity index (χ0n) is 26.6. The number of rotatable bonds is 4. The van der Waals surface area contributed by atoms with E-state index in [0.29, 0.717) is 0 Å². The molecule has 0 radical (unpaired) electrons. The topological polar surface area (TPSA) is 21.1 Å². The van der Waals surface area contributed by atoms with Crippen LogP contribution in [-0.4, -0.2) is 9.55 Å². The molecule has 226 valence electrons. The Bertz CT molecular complexity index is 2660. The molecule has 3 nitrogen and oxygen atoms in total. The molecule has 0 saturated heterocycles. The first-order chi connectivity index (χ1) is 23.8. The van der Waals surface area contributed by atoms with Gasteiger partial charge in [0.25, 0.3) is 0 Å². The number of anilines is 3. The lowest BCUT2D eigenvalue weighted by atomic mass is 9.85. The van der Waals surface area contributed by atoms with Crippen molar-refractivity contribution in [2.75, 3.05) is 4.90 Å². The van der Waals surface area contributed by atoms with Crippen LogP contribution in [-0.2, 0) is 6.42 Å². The molecule has 3 heteroatoms. The number of hydrogen-bond acceptors (Lipinski definition) is 2. The standard InChI is InChI=1S/C45H31N3/c1-2-42-46-38-21-12-22-40-45(38)48(42)39-26-25-32(28-41(39)47(40)33-15-4-3-5-16-33)44-36-19-10-8-17-34(36)43(35-18-9-11-20-37(35)44)31-24-23-29-13-6-7-14-30(29)27-31/h3-28H,2H2,1H3. The van der Waals surface area contributed by atoms with Gasteiger partial charge in [0.15, 0.2) is 0 Å². The van der Waals surface area contributed by atoms with Crippen LogP contribution in [0, 0.1) is 0 Å². The molecule has 1 aliphatic heterocycles. The fourth-order valence-electron chi connectivity index (χ4n) is 7.96. The van der Waals surface area contributed by atoms with Crippen LogP contribution in [0.25, 0.3) is 71.3 Å². The molecule has 0 spiro atoms. The number of hydrogen-bond donors (Lipinski definition) is 0. The minimum Gasteiger partial charge on any atom is -0.306 e. The predicted molar refractivity (Wildman–Crippen MR) is 202 cm³/mol. The van der Waals surface area contributed by atoms with E-state index in [1.54, 1.807) is 0 Å². The Morgan fingerprint density at radius 3 is 1.77 bits per heavy atom. The van der Waals surface area contributed by atoms with E-state index in [0.717, 1.165) is 46.0 Å². The van der Waals surface area contributed by atoms with E-state index < -0.39 is 0 Å². The maximum absolute atomic E-state index is 5.09. The van der Waals surface area contributed by atoms with E-state index in [-0.39, 0.29) is 0 Å². The Kier molecular flexibility index (Phi) is 5.85. The Labute approximate surface area is 279 Å². The lowest BCUT2D eigenvalue weighted by molar-refractivity contribution is 0.900. The second-order valence-electron chi connectivity index (χ2n) is 12.6. The molecule has 0 N–H and O–H groups in total. The van der Waals surface area contributed by atoms with Crippen molar-refractivity contribution >= 4 is 60.4 Å². The van der Waals surface area contributed by atoms with Crippen molar-refractivity contribution in [1.29, 1.82) is 0 Å². The second kappa shape index (κ2) is 10.4. The summed E-state index contributed by atoms with van der Waals surface area (Å²) < 4.78 is 2.38. The second-order valence-corrected chi connectivity index (χ2v) is 12.6. The first kappa shape index (κ1) is 27.0. The van der Waals surface area contributed by atoms with Gasteiger partial charge >= 0.3 is 0 Å². The zero-order valence-corrected chi connectivity index (χ0v) is 26.6. The Morgan fingerprint density at radius 2 is 1.08 bits per heavy atom. The molecular weight excluding hydrogens is 583 g/mol. The normalized spacial score (nSPS) is 12.3. The molecule has 10 rings (SSSR count). The van der Waals surface area contributed by atoms with Gasteiger partial charge in [-0.3, -0.25) is 4.57 Å². The van der Waals surface area contributed by atoms with Crippen molar-refractivity contribution in [2.45, 2.75) is 13.3 Å². The molecule has 0 unspecified atom stereocenters. The highest BCUT2D eigenvalue weighted by molar-refractivity contribution is 6.22. The molecule has 1 aromatic heterocycles. The van der Waals surface area contributed by atoms with Crippen molar-refractivity contribution in [3.05, 3.63) is 164 Å². The van der Waals surface area contributed by atoms with Gasteiger partial charge in [-0.25, -0.2) is 4.98 Å². The van der Waals surface area contributed by atoms with Gasteiger partial charge in [-0.15, -0.1) is 0 Å². The van der Waals surface area contributed by atoms with Crippen molar-refractivity contribution in [3.63, 3.8) is 0 Å². The van der Waals surface area contributed by atoms with Gasteiger partial charge in [0.1, 0.15) is 5.82 Å². The van der Waals surface area contributed by atoms with E-state index in [9.17, 15) is 0 Å². The minimum absolute atomic E-state index is 0.853. The van der Waals surface area contributed by atoms with Crippen molar-refractivity contribution in [2.24, 2.45) is 0 Å². The summed E-state index contributed by atoms with van der Waals surface area (Å²) in [6.07, 6.45) is 0.853. The Hall–Kier alpha value is -6.19. The molecule has 1 aliphatic rings. The highest BCUT2D eigenvalue weighted by Crippen LogP contribution is 2.50. The summed E-state index contributed by atoms with van der Waals surface area (Å²) in [5, 5.41) is 7.53. The van der Waals surface area contributed by atoms with Gasteiger partial charge in [0.05, 0.1) is 28.1 Å². The molecular formula is C45H31N3. The average molecular weight is 614 g/mol. The van der Waals surface area contributed by atoms with Crippen molar-refractivity contribution in [1.82, 2.24) is 9.55 Å². The third-order valence-corrected chi connectivity index (χ3v) is 10.0. The molecule has 0 aliphatic carbocycles. The van der Waals surface area contributed by atoms with Gasteiger partial charge in [-0.2, -0.15) is 0 Å². The van der Waals surface area contributed by atoms with Crippen molar-refractivity contribution in [3.8, 4) is 27.9 Å². The van der Waals surface area contributed by atoms with Gasteiger partial charge in [0.2, 0.25) is 0 Å². The van der Waals surface area contributed by atoms with Crippen LogP contribution in [0.3, 0.4) is 0 Å². The molecule has 8 aromatic carbocycles. The van der Waals surface area contributed by atoms with Crippen LogP contribution in [0.15, 0.2) is 158 Å². The molecule has 0 fully saturated rings. The fraction of sp³-hybridized carbons (Fsp3) is 0.0444. The summed E-state index contributed by atoms with van der Waals surface area (Å²) in [5.41, 5.74) is 11.7. The zero-order chi connectivity index (χ0) is 31.8. The maximum Gasteiger partial charge on any atom is 0.114 e. The number of imidazole rings is 1. The third kappa shape index (κ3) is 3.85. The molecule has 0 amide bonds. The highest BCUT2D eigenvalue weighted by atomic mass is 15.2. The lowest BCUT2D eigenvalue weighted by Gasteiger charge is -2.33. The molecule has 48 heavy (non-hydrogen) atoms. The summed E-state index contributed by atoms with van der Waals surface area (Å²) in [6.45, 7) is 2.19. The van der Waals surface area contributed by atoms with Crippen molar-refractivity contribution < 1.29 is 0 Å². The number of benzene rings is 8. The molecule has 2 heterocycles. The monoisotopic (exact) mass is 613 g/mol. The summed E-state index contributed by atoms with van der Waals surface area (Å²) in [7, 11) is 0. The first-order valence-electron chi connectivity index (χ1n) is 16.7. The minimum atomic E-state index is 0.853. The number of nitrogens with zero attached hydrogens (tertiary/aromatic N) is 3. The summed E-state index contributed by atoms with van der Waals surface area (Å²) >= 11 is 0. The third-order valence-electron chi connectivity index (χ3n) is 10.0. The number of aromatic nitrogens is 2. The van der Waals surface area contributed by atoms with Gasteiger partial charge < -0.3 is 4.90 Å². The van der Waals surface area contributed by atoms with E-state index in [1.165, 1.54) is 54.6 Å². The van der Waals surface area contributed by atoms with Gasteiger partial charge in [-0.1, -0.05) is 122 Å². The van der Waals surface area contributed by atoms with Gasteiger partial charge in [-0.05, 0) is 97.0 Å². The molecule has 0 saturated carbocycles. The summed E-state index contributed by atoms with van der Waals surface area (Å²) in [6, 6.07) is 57.6. The SMILES string of the molecule is CCc1nc2cccc3c2n1-c1ccc(-c2c4ccccc4c(-c4ccc5ccccc5c4)c4ccccc24)cc1N3c1ccccc1. The fourth-order valence-corrected chi connectivity index (χ4v) is 7.96. The lowest BCUT2D eigenvalue weighted by Crippen LogP contribution is -2.19. The Balaban J connectivity index is 1.28. The quantitative estimate of drug-likeness (QED) is 0.184. The molecule has 0 atom stereocenters. The van der Waals surface area contributed by atoms with E-state index in [2.05, 4.69) is 174 Å². The summed E-state index contributed by atoms with van der Waals surface area (Å²) in [4.78, 5) is 7.50. The predicted octanol–water partition coefficient (Wildman–Crippen LogP) is 12.2. The Morgan fingerprint density at radius 1 is 0.479 bits per heavy atom. The van der Waals surface area contributed by atoms with Crippen LogP contribution >= 0.6 is 0 Å². The van der Waals surface area contributed by atoms with E-state index >= 15 is 0 Å². The van der Waals surface area contributed by atoms with Crippen LogP contribution < -0.4 is 4.90 Å². The average Bonchev–Trinajstić information content (AvgIpc) is 3.54. The van der Waals surface area contributed by atoms with Gasteiger partial charge in [0, 0.05) is 12.1 Å². The highest BCUT2D eigenvalue weighted by Gasteiger charge is 2.29. The van der Waals surface area contributed by atoms with E-state index in [4.69, 9.17) is 4.98 Å². The number of para-hydroxylation sites is 2. The largest absolute Gasteiger partial charge is 0.306 e.